The van der Waals surface area contributed by atoms with Gasteiger partial charge in [-0.05, 0) is 56.4 Å². The quantitative estimate of drug-likeness (QED) is 0.466. The minimum atomic E-state index is -0.178. The molecule has 1 aliphatic heterocycles. The maximum Gasteiger partial charge on any atom is 0.252 e. The molecular weight excluding hydrogens is 464 g/mol. The molecule has 1 saturated heterocycles. The first kappa shape index (κ1) is 25.1. The number of fused-ring (bicyclic) bond motifs is 1. The van der Waals surface area contributed by atoms with Crippen LogP contribution in [0.25, 0.3) is 11.0 Å². The number of pyridine rings is 1. The van der Waals surface area contributed by atoms with Crippen LogP contribution in [-0.4, -0.2) is 56.4 Å². The van der Waals surface area contributed by atoms with Crippen LogP contribution in [0.2, 0.25) is 0 Å². The van der Waals surface area contributed by atoms with Gasteiger partial charge in [0.15, 0.2) is 0 Å². The number of hydrogen-bond acceptors (Lipinski definition) is 6. The average Bonchev–Trinajstić information content (AvgIpc) is 3.69. The highest BCUT2D eigenvalue weighted by Crippen LogP contribution is 2.48. The normalized spacial score (nSPS) is 18.1. The first-order chi connectivity index (χ1) is 17.8. The van der Waals surface area contributed by atoms with Gasteiger partial charge < -0.3 is 10.2 Å². The van der Waals surface area contributed by atoms with Gasteiger partial charge >= 0.3 is 0 Å². The van der Waals surface area contributed by atoms with E-state index in [1.807, 2.05) is 18.7 Å². The van der Waals surface area contributed by atoms with E-state index in [4.69, 9.17) is 4.98 Å². The number of carbonyl (C=O) groups excluding carboxylic acids is 1. The molecule has 5 rings (SSSR count). The predicted octanol–water partition coefficient (Wildman–Crippen LogP) is 4.25. The van der Waals surface area contributed by atoms with Crippen molar-refractivity contribution in [3.05, 3.63) is 76.7 Å². The minimum absolute atomic E-state index is 0.0124. The highest BCUT2D eigenvalue weighted by atomic mass is 16.2. The lowest BCUT2D eigenvalue weighted by atomic mass is 9.97. The number of amides is 1. The zero-order valence-corrected chi connectivity index (χ0v) is 22.0. The molecule has 3 heterocycles. The van der Waals surface area contributed by atoms with Crippen molar-refractivity contribution in [3.63, 3.8) is 0 Å². The highest BCUT2D eigenvalue weighted by Gasteiger charge is 2.45. The second-order valence-electron chi connectivity index (χ2n) is 10.4. The number of aromatic nitrogens is 3. The summed E-state index contributed by atoms with van der Waals surface area (Å²) in [6.07, 6.45) is 6.22. The Kier molecular flexibility index (Phi) is 6.86. The van der Waals surface area contributed by atoms with E-state index in [1.54, 1.807) is 22.9 Å². The summed E-state index contributed by atoms with van der Waals surface area (Å²) in [4.78, 5) is 38.0. The molecule has 0 bridgehead atoms. The summed E-state index contributed by atoms with van der Waals surface area (Å²) in [5, 5.41) is 4.43. The summed E-state index contributed by atoms with van der Waals surface area (Å²) in [6, 6.07) is 12.6. The van der Waals surface area contributed by atoms with Crippen molar-refractivity contribution < 1.29 is 4.79 Å². The maximum absolute atomic E-state index is 12.4. The number of rotatable bonds is 8. The third-order valence-corrected chi connectivity index (χ3v) is 7.76. The summed E-state index contributed by atoms with van der Waals surface area (Å²) < 4.78 is 1.72. The number of carbonyl (C=O) groups is 1. The molecule has 1 amide bonds. The second-order valence-corrected chi connectivity index (χ2v) is 10.4. The van der Waals surface area contributed by atoms with Crippen molar-refractivity contribution >= 4 is 22.9 Å². The molecule has 8 heteroatoms. The molecule has 1 aromatic carbocycles. The van der Waals surface area contributed by atoms with E-state index in [2.05, 4.69) is 53.0 Å². The van der Waals surface area contributed by atoms with Gasteiger partial charge in [0.25, 0.3) is 5.56 Å². The average molecular weight is 501 g/mol. The fraction of sp³-hybridized carbons (Fsp3) is 0.448. The Bertz CT molecular complexity index is 1350. The van der Waals surface area contributed by atoms with Gasteiger partial charge in [0.1, 0.15) is 5.65 Å². The van der Waals surface area contributed by atoms with Crippen molar-refractivity contribution in [2.45, 2.75) is 57.7 Å². The Morgan fingerprint density at radius 2 is 1.81 bits per heavy atom. The molecule has 194 valence electrons. The smallest absolute Gasteiger partial charge is 0.252 e. The standard InChI is InChI=1S/C29H36N6O2/c1-5-24(33-15-17-34(18-16-33)25(36)6-2)21-7-10-23(11-8-21)29(13-14-29)32-28-30-19-22-9-12-26(37)35(20(3)4)27(22)31-28/h6-12,19-20,24H,2,5,13-18H2,1,3-4H3,(H,30,31,32)/t24-/m1/s1. The lowest BCUT2D eigenvalue weighted by Gasteiger charge is -2.39. The van der Waals surface area contributed by atoms with E-state index >= 15 is 0 Å². The van der Waals surface area contributed by atoms with Crippen LogP contribution in [0.15, 0.2) is 60.0 Å². The third kappa shape index (κ3) is 4.90. The first-order valence-corrected chi connectivity index (χ1v) is 13.3. The number of anilines is 1. The molecule has 1 N–H and O–H groups in total. The van der Waals surface area contributed by atoms with Crippen molar-refractivity contribution in [2.24, 2.45) is 0 Å². The largest absolute Gasteiger partial charge is 0.345 e. The molecule has 2 aromatic heterocycles. The van der Waals surface area contributed by atoms with Gasteiger partial charge in [-0.2, -0.15) is 4.98 Å². The maximum atomic E-state index is 12.4. The van der Waals surface area contributed by atoms with Crippen LogP contribution in [-0.2, 0) is 10.3 Å². The van der Waals surface area contributed by atoms with Gasteiger partial charge in [0, 0.05) is 55.9 Å². The zero-order valence-electron chi connectivity index (χ0n) is 22.0. The van der Waals surface area contributed by atoms with Crippen molar-refractivity contribution in [1.82, 2.24) is 24.3 Å². The first-order valence-electron chi connectivity index (χ1n) is 13.3. The number of nitrogens with zero attached hydrogens (tertiary/aromatic N) is 5. The fourth-order valence-electron chi connectivity index (χ4n) is 5.53. The van der Waals surface area contributed by atoms with Crippen LogP contribution < -0.4 is 10.9 Å². The summed E-state index contributed by atoms with van der Waals surface area (Å²) in [5.74, 6) is 0.564. The Morgan fingerprint density at radius 3 is 2.41 bits per heavy atom. The molecule has 2 aliphatic rings. The Hall–Kier alpha value is -3.52. The molecule has 37 heavy (non-hydrogen) atoms. The van der Waals surface area contributed by atoms with Gasteiger partial charge in [-0.15, -0.1) is 0 Å². The molecule has 1 saturated carbocycles. The molecule has 1 atom stereocenters. The van der Waals surface area contributed by atoms with Crippen molar-refractivity contribution in [3.8, 4) is 0 Å². The van der Waals surface area contributed by atoms with Crippen LogP contribution in [0.4, 0.5) is 5.95 Å². The Labute approximate surface area is 218 Å². The van der Waals surface area contributed by atoms with Gasteiger partial charge in [-0.3, -0.25) is 19.1 Å². The van der Waals surface area contributed by atoms with Crippen molar-refractivity contribution in [2.75, 3.05) is 31.5 Å². The fourth-order valence-corrected chi connectivity index (χ4v) is 5.53. The summed E-state index contributed by atoms with van der Waals surface area (Å²) in [7, 11) is 0. The van der Waals surface area contributed by atoms with E-state index in [1.165, 1.54) is 17.2 Å². The van der Waals surface area contributed by atoms with E-state index in [0.717, 1.165) is 50.8 Å². The Balaban J connectivity index is 1.32. The third-order valence-electron chi connectivity index (χ3n) is 7.76. The number of benzene rings is 1. The minimum Gasteiger partial charge on any atom is -0.345 e. The van der Waals surface area contributed by atoms with Crippen LogP contribution in [0, 0.1) is 0 Å². The molecule has 2 fully saturated rings. The molecular formula is C29H36N6O2. The van der Waals surface area contributed by atoms with E-state index in [0.29, 0.717) is 17.6 Å². The topological polar surface area (TPSA) is 83.4 Å². The van der Waals surface area contributed by atoms with E-state index < -0.39 is 0 Å². The van der Waals surface area contributed by atoms with Crippen LogP contribution >= 0.6 is 0 Å². The lowest BCUT2D eigenvalue weighted by Crippen LogP contribution is -2.49. The predicted molar refractivity (Wildman–Crippen MR) is 147 cm³/mol. The molecule has 0 spiro atoms. The van der Waals surface area contributed by atoms with Crippen LogP contribution in [0.1, 0.15) is 63.2 Å². The van der Waals surface area contributed by atoms with Crippen LogP contribution in [0.5, 0.6) is 0 Å². The van der Waals surface area contributed by atoms with E-state index in [9.17, 15) is 9.59 Å². The van der Waals surface area contributed by atoms with Crippen LogP contribution in [0.3, 0.4) is 0 Å². The summed E-state index contributed by atoms with van der Waals surface area (Å²) >= 11 is 0. The lowest BCUT2D eigenvalue weighted by molar-refractivity contribution is -0.128. The molecule has 8 nitrogen and oxygen atoms in total. The summed E-state index contributed by atoms with van der Waals surface area (Å²) in [6.45, 7) is 13.0. The summed E-state index contributed by atoms with van der Waals surface area (Å²) in [5.41, 5.74) is 2.95. The monoisotopic (exact) mass is 500 g/mol. The number of hydrogen-bond donors (Lipinski definition) is 1. The highest BCUT2D eigenvalue weighted by molar-refractivity contribution is 5.87. The van der Waals surface area contributed by atoms with Gasteiger partial charge in [-0.1, -0.05) is 37.8 Å². The second kappa shape index (κ2) is 10.1. The number of nitrogens with one attached hydrogen (secondary N) is 1. The zero-order chi connectivity index (χ0) is 26.2. The molecule has 1 aliphatic carbocycles. The van der Waals surface area contributed by atoms with E-state index in [-0.39, 0.29) is 23.0 Å². The SMILES string of the molecule is C=CC(=O)N1CCN([C@H](CC)c2ccc(C3(Nc4ncc5ccc(=O)n(C(C)C)c5n4)CC3)cc2)CC1. The van der Waals surface area contributed by atoms with Crippen molar-refractivity contribution in [1.29, 1.82) is 0 Å². The molecule has 3 aromatic rings. The molecule has 0 radical (unpaired) electrons. The van der Waals surface area contributed by atoms with Gasteiger partial charge in [0.05, 0.1) is 5.54 Å². The Morgan fingerprint density at radius 1 is 1.11 bits per heavy atom. The molecule has 0 unspecified atom stereocenters. The van der Waals surface area contributed by atoms with Gasteiger partial charge in [-0.25, -0.2) is 4.98 Å². The number of piperazine rings is 1. The van der Waals surface area contributed by atoms with Gasteiger partial charge in [0.2, 0.25) is 11.9 Å².